The lowest BCUT2D eigenvalue weighted by atomic mass is 10.2. The summed E-state index contributed by atoms with van der Waals surface area (Å²) >= 11 is 0. The van der Waals surface area contributed by atoms with Gasteiger partial charge in [0.05, 0.1) is 6.54 Å². The van der Waals surface area contributed by atoms with Crippen LogP contribution in [0.3, 0.4) is 0 Å². The minimum absolute atomic E-state index is 0.0271. The molecule has 0 spiro atoms. The molecule has 1 fully saturated rings. The molecule has 0 unspecified atom stereocenters. The summed E-state index contributed by atoms with van der Waals surface area (Å²) in [7, 11) is -1.69. The van der Waals surface area contributed by atoms with Crippen LogP contribution < -0.4 is 4.90 Å². The highest BCUT2D eigenvalue weighted by Crippen LogP contribution is 2.21. The second-order valence-corrected chi connectivity index (χ2v) is 8.18. The van der Waals surface area contributed by atoms with E-state index in [-0.39, 0.29) is 17.3 Å². The number of piperidine rings is 1. The van der Waals surface area contributed by atoms with Gasteiger partial charge in [-0.05, 0) is 38.8 Å². The molecular weight excluding hydrogens is 340 g/mol. The van der Waals surface area contributed by atoms with E-state index in [0.717, 1.165) is 19.3 Å². The lowest BCUT2D eigenvalue weighted by molar-refractivity contribution is -0.129. The molecule has 0 aromatic carbocycles. The van der Waals surface area contributed by atoms with Crippen molar-refractivity contribution in [3.63, 3.8) is 0 Å². The van der Waals surface area contributed by atoms with Crippen LogP contribution in [0.1, 0.15) is 33.1 Å². The van der Waals surface area contributed by atoms with Gasteiger partial charge >= 0.3 is 0 Å². The average molecular weight is 369 g/mol. The van der Waals surface area contributed by atoms with E-state index in [4.69, 9.17) is 0 Å². The van der Waals surface area contributed by atoms with Gasteiger partial charge in [-0.2, -0.15) is 4.31 Å². The lowest BCUT2D eigenvalue weighted by Gasteiger charge is -2.26. The van der Waals surface area contributed by atoms with Crippen molar-refractivity contribution >= 4 is 21.7 Å². The second-order valence-electron chi connectivity index (χ2n) is 6.24. The molecule has 0 N–H and O–H groups in total. The molecule has 0 aliphatic carbocycles. The fourth-order valence-electron chi connectivity index (χ4n) is 2.97. The molecule has 0 saturated carbocycles. The van der Waals surface area contributed by atoms with Gasteiger partial charge in [0, 0.05) is 39.4 Å². The molecule has 1 aliphatic rings. The SMILES string of the molecule is CCN(CC)C(=O)CN(C)c1ccc(S(=O)(=O)N2CCCCC2)cn1. The predicted octanol–water partition coefficient (Wildman–Crippen LogP) is 1.56. The van der Waals surface area contributed by atoms with E-state index < -0.39 is 10.0 Å². The zero-order valence-electron chi connectivity index (χ0n) is 15.3. The number of hydrogen-bond donors (Lipinski definition) is 0. The molecular formula is C17H28N4O3S. The van der Waals surface area contributed by atoms with Crippen LogP contribution in [0.25, 0.3) is 0 Å². The van der Waals surface area contributed by atoms with E-state index in [1.165, 1.54) is 10.5 Å². The summed E-state index contributed by atoms with van der Waals surface area (Å²) in [4.78, 5) is 20.1. The van der Waals surface area contributed by atoms with Gasteiger partial charge in [0.1, 0.15) is 10.7 Å². The van der Waals surface area contributed by atoms with Gasteiger partial charge in [0.2, 0.25) is 15.9 Å². The van der Waals surface area contributed by atoms with Crippen LogP contribution in [-0.2, 0) is 14.8 Å². The summed E-state index contributed by atoms with van der Waals surface area (Å²) in [6.45, 7) is 6.59. The summed E-state index contributed by atoms with van der Waals surface area (Å²) in [5.74, 6) is 0.609. The third-order valence-corrected chi connectivity index (χ3v) is 6.44. The molecule has 1 aromatic heterocycles. The highest BCUT2D eigenvalue weighted by Gasteiger charge is 2.26. The molecule has 0 atom stereocenters. The number of carbonyl (C=O) groups is 1. The van der Waals surface area contributed by atoms with Crippen LogP contribution in [0, 0.1) is 0 Å². The first-order valence-corrected chi connectivity index (χ1v) is 10.3. The number of rotatable bonds is 7. The van der Waals surface area contributed by atoms with Crippen molar-refractivity contribution in [1.82, 2.24) is 14.2 Å². The Bertz CT molecular complexity index is 666. The third kappa shape index (κ3) is 4.70. The highest BCUT2D eigenvalue weighted by molar-refractivity contribution is 7.89. The van der Waals surface area contributed by atoms with Crippen LogP contribution in [0.15, 0.2) is 23.2 Å². The number of anilines is 1. The molecule has 8 heteroatoms. The van der Waals surface area contributed by atoms with Crippen molar-refractivity contribution in [2.75, 3.05) is 44.7 Å². The van der Waals surface area contributed by atoms with Crippen LogP contribution in [0.2, 0.25) is 0 Å². The monoisotopic (exact) mass is 368 g/mol. The Morgan fingerprint density at radius 3 is 2.32 bits per heavy atom. The van der Waals surface area contributed by atoms with Crippen molar-refractivity contribution in [2.24, 2.45) is 0 Å². The summed E-state index contributed by atoms with van der Waals surface area (Å²) in [6.07, 6.45) is 4.27. The maximum atomic E-state index is 12.6. The molecule has 1 amide bonds. The number of pyridine rings is 1. The third-order valence-electron chi connectivity index (χ3n) is 4.55. The quantitative estimate of drug-likeness (QED) is 0.730. The normalized spacial score (nSPS) is 15.8. The summed E-state index contributed by atoms with van der Waals surface area (Å²) in [5, 5.41) is 0. The Balaban J connectivity index is 2.07. The number of aromatic nitrogens is 1. The Kier molecular flexibility index (Phi) is 6.78. The van der Waals surface area contributed by atoms with Gasteiger partial charge in [0.15, 0.2) is 0 Å². The molecule has 2 rings (SSSR count). The molecule has 1 aliphatic heterocycles. The molecule has 1 aromatic rings. The summed E-state index contributed by atoms with van der Waals surface area (Å²) in [6, 6.07) is 3.23. The largest absolute Gasteiger partial charge is 0.350 e. The number of likely N-dealkylation sites (N-methyl/N-ethyl adjacent to an activating group) is 2. The molecule has 0 bridgehead atoms. The fourth-order valence-corrected chi connectivity index (χ4v) is 4.43. The van der Waals surface area contributed by atoms with Crippen molar-refractivity contribution < 1.29 is 13.2 Å². The van der Waals surface area contributed by atoms with Crippen molar-refractivity contribution in [2.45, 2.75) is 38.0 Å². The van der Waals surface area contributed by atoms with Crippen molar-refractivity contribution in [1.29, 1.82) is 0 Å². The van der Waals surface area contributed by atoms with Gasteiger partial charge in [-0.3, -0.25) is 4.79 Å². The van der Waals surface area contributed by atoms with Crippen LogP contribution in [0.5, 0.6) is 0 Å². The standard InChI is InChI=1S/C17H28N4O3S/c1-4-20(5-2)17(22)14-19(3)16-10-9-15(13-18-16)25(23,24)21-11-7-6-8-12-21/h9-10,13H,4-8,11-12,14H2,1-3H3. The maximum Gasteiger partial charge on any atom is 0.244 e. The molecule has 2 heterocycles. The van der Waals surface area contributed by atoms with E-state index in [9.17, 15) is 13.2 Å². The van der Waals surface area contributed by atoms with Crippen molar-refractivity contribution in [3.8, 4) is 0 Å². The number of hydrogen-bond acceptors (Lipinski definition) is 5. The first kappa shape index (κ1) is 19.7. The zero-order chi connectivity index (χ0) is 18.4. The number of sulfonamides is 1. The predicted molar refractivity (Wildman–Crippen MR) is 98.0 cm³/mol. The average Bonchev–Trinajstić information content (AvgIpc) is 2.63. The first-order chi connectivity index (χ1) is 11.9. The van der Waals surface area contributed by atoms with Crippen molar-refractivity contribution in [3.05, 3.63) is 18.3 Å². The maximum absolute atomic E-state index is 12.6. The number of carbonyl (C=O) groups excluding carboxylic acids is 1. The van der Waals surface area contributed by atoms with Crippen LogP contribution in [-0.4, -0.2) is 68.3 Å². The van der Waals surface area contributed by atoms with Crippen LogP contribution in [0.4, 0.5) is 5.82 Å². The lowest BCUT2D eigenvalue weighted by Crippen LogP contribution is -2.39. The summed E-state index contributed by atoms with van der Waals surface area (Å²) in [5.41, 5.74) is 0. The Labute approximate surface area is 150 Å². The summed E-state index contributed by atoms with van der Waals surface area (Å²) < 4.78 is 26.8. The van der Waals surface area contributed by atoms with Crippen LogP contribution >= 0.6 is 0 Å². The number of amides is 1. The first-order valence-electron chi connectivity index (χ1n) is 8.85. The zero-order valence-corrected chi connectivity index (χ0v) is 16.1. The molecule has 7 nitrogen and oxygen atoms in total. The molecule has 25 heavy (non-hydrogen) atoms. The van der Waals surface area contributed by atoms with E-state index in [2.05, 4.69) is 4.98 Å². The van der Waals surface area contributed by atoms with E-state index in [1.807, 2.05) is 13.8 Å². The Morgan fingerprint density at radius 2 is 1.80 bits per heavy atom. The molecule has 1 saturated heterocycles. The van der Waals surface area contributed by atoms with Gasteiger partial charge < -0.3 is 9.80 Å². The second kappa shape index (κ2) is 8.62. The number of nitrogens with zero attached hydrogens (tertiary/aromatic N) is 4. The smallest absolute Gasteiger partial charge is 0.244 e. The van der Waals surface area contributed by atoms with Gasteiger partial charge in [-0.15, -0.1) is 0 Å². The fraction of sp³-hybridized carbons (Fsp3) is 0.647. The molecule has 0 radical (unpaired) electrons. The van der Waals surface area contributed by atoms with Gasteiger partial charge in [0.25, 0.3) is 0 Å². The van der Waals surface area contributed by atoms with E-state index >= 15 is 0 Å². The Morgan fingerprint density at radius 1 is 1.16 bits per heavy atom. The van der Waals surface area contributed by atoms with Gasteiger partial charge in [-0.25, -0.2) is 13.4 Å². The van der Waals surface area contributed by atoms with E-state index in [1.54, 1.807) is 29.0 Å². The van der Waals surface area contributed by atoms with Gasteiger partial charge in [-0.1, -0.05) is 6.42 Å². The highest BCUT2D eigenvalue weighted by atomic mass is 32.2. The minimum Gasteiger partial charge on any atom is -0.350 e. The Hall–Kier alpha value is -1.67. The minimum atomic E-state index is -3.47. The topological polar surface area (TPSA) is 73.8 Å². The molecule has 140 valence electrons. The van der Waals surface area contributed by atoms with E-state index in [0.29, 0.717) is 32.0 Å².